The molecule has 0 aliphatic carbocycles. The average molecular weight is 413 g/mol. The molecule has 0 aromatic heterocycles. The van der Waals surface area contributed by atoms with Gasteiger partial charge in [-0.2, -0.15) is 0 Å². The van der Waals surface area contributed by atoms with Crippen LogP contribution in [0.15, 0.2) is 66.7 Å². The van der Waals surface area contributed by atoms with Gasteiger partial charge >= 0.3 is 0 Å². The van der Waals surface area contributed by atoms with Crippen molar-refractivity contribution in [3.63, 3.8) is 0 Å². The Bertz CT molecular complexity index is 1020. The number of benzene rings is 3. The first-order valence-electron chi connectivity index (χ1n) is 11.2. The van der Waals surface area contributed by atoms with E-state index in [1.165, 1.54) is 33.4 Å². The molecular weight excluding hydrogens is 380 g/mol. The first-order chi connectivity index (χ1) is 15.0. The van der Waals surface area contributed by atoms with Crippen LogP contribution in [0.1, 0.15) is 45.5 Å². The lowest BCUT2D eigenvalue weighted by molar-refractivity contribution is 0.0901. The number of nitrogens with one attached hydrogen (secondary N) is 1. The van der Waals surface area contributed by atoms with Crippen molar-refractivity contribution in [2.75, 3.05) is 13.1 Å². The Morgan fingerprint density at radius 2 is 1.55 bits per heavy atom. The third kappa shape index (κ3) is 5.62. The molecule has 1 aliphatic heterocycles. The molecule has 1 fully saturated rings. The summed E-state index contributed by atoms with van der Waals surface area (Å²) in [5.74, 6) is 0.0321. The monoisotopic (exact) mass is 412 g/mol. The molecule has 160 valence electrons. The van der Waals surface area contributed by atoms with Crippen LogP contribution in [0.2, 0.25) is 0 Å². The van der Waals surface area contributed by atoms with Gasteiger partial charge < -0.3 is 5.32 Å². The Morgan fingerprint density at radius 3 is 2.23 bits per heavy atom. The molecule has 1 saturated heterocycles. The van der Waals surface area contributed by atoms with Crippen LogP contribution >= 0.6 is 0 Å². The van der Waals surface area contributed by atoms with E-state index >= 15 is 0 Å². The summed E-state index contributed by atoms with van der Waals surface area (Å²) >= 11 is 0. The van der Waals surface area contributed by atoms with E-state index in [9.17, 15) is 4.79 Å². The molecule has 0 saturated carbocycles. The normalized spacial score (nSPS) is 16.8. The summed E-state index contributed by atoms with van der Waals surface area (Å²) in [6.07, 6.45) is 2.15. The second kappa shape index (κ2) is 9.49. The molecule has 0 spiro atoms. The predicted molar refractivity (Wildman–Crippen MR) is 128 cm³/mol. The maximum Gasteiger partial charge on any atom is 0.251 e. The lowest BCUT2D eigenvalue weighted by atomic mass is 9.99. The maximum absolute atomic E-state index is 12.6. The SMILES string of the molecule is Cc1ccc(C(=O)NC2CCCN(Cc3ccc(-c4cc(C)cc(C)c4)cc3)C2)cc1. The number of hydrogen-bond donors (Lipinski definition) is 1. The summed E-state index contributed by atoms with van der Waals surface area (Å²) in [4.78, 5) is 15.0. The zero-order valence-electron chi connectivity index (χ0n) is 18.8. The highest BCUT2D eigenvalue weighted by Gasteiger charge is 2.22. The Labute approximate surface area is 186 Å². The molecule has 1 unspecified atom stereocenters. The predicted octanol–water partition coefficient (Wildman–Crippen LogP) is 5.67. The van der Waals surface area contributed by atoms with E-state index in [-0.39, 0.29) is 11.9 Å². The van der Waals surface area contributed by atoms with Crippen molar-refractivity contribution in [1.29, 1.82) is 0 Å². The van der Waals surface area contributed by atoms with E-state index in [0.29, 0.717) is 0 Å². The number of carbonyl (C=O) groups is 1. The molecule has 3 nitrogen and oxygen atoms in total. The van der Waals surface area contributed by atoms with Crippen LogP contribution in [0.4, 0.5) is 0 Å². The third-order valence-corrected chi connectivity index (χ3v) is 6.07. The second-order valence-electron chi connectivity index (χ2n) is 8.99. The fourth-order valence-corrected chi connectivity index (χ4v) is 4.49. The topological polar surface area (TPSA) is 32.3 Å². The van der Waals surface area contributed by atoms with Gasteiger partial charge in [0.25, 0.3) is 5.91 Å². The van der Waals surface area contributed by atoms with Crippen molar-refractivity contribution in [1.82, 2.24) is 10.2 Å². The summed E-state index contributed by atoms with van der Waals surface area (Å²) in [6.45, 7) is 9.23. The van der Waals surface area contributed by atoms with Gasteiger partial charge in [-0.3, -0.25) is 9.69 Å². The molecule has 1 atom stereocenters. The van der Waals surface area contributed by atoms with Crippen LogP contribution in [0.25, 0.3) is 11.1 Å². The summed E-state index contributed by atoms with van der Waals surface area (Å²) in [7, 11) is 0. The number of hydrogen-bond acceptors (Lipinski definition) is 2. The van der Waals surface area contributed by atoms with Crippen LogP contribution in [-0.2, 0) is 6.54 Å². The molecule has 0 radical (unpaired) electrons. The fourth-order valence-electron chi connectivity index (χ4n) is 4.49. The van der Waals surface area contributed by atoms with Crippen LogP contribution < -0.4 is 5.32 Å². The first-order valence-corrected chi connectivity index (χ1v) is 11.2. The number of piperidine rings is 1. The number of rotatable bonds is 5. The summed E-state index contributed by atoms with van der Waals surface area (Å²) in [5.41, 5.74) is 8.36. The minimum absolute atomic E-state index is 0.0321. The van der Waals surface area contributed by atoms with E-state index in [1.807, 2.05) is 31.2 Å². The number of amides is 1. The molecule has 3 aromatic rings. The van der Waals surface area contributed by atoms with Gasteiger partial charge in [0.1, 0.15) is 0 Å². The largest absolute Gasteiger partial charge is 0.348 e. The van der Waals surface area contributed by atoms with Crippen LogP contribution in [0, 0.1) is 20.8 Å². The van der Waals surface area contributed by atoms with Crippen molar-refractivity contribution >= 4 is 5.91 Å². The standard InChI is InChI=1S/C28H32N2O/c1-20-6-10-25(11-7-20)28(31)29-27-5-4-14-30(19-27)18-23-8-12-24(13-9-23)26-16-21(2)15-22(3)17-26/h6-13,15-17,27H,4-5,14,18-19H2,1-3H3,(H,29,31). The van der Waals surface area contributed by atoms with Crippen molar-refractivity contribution in [2.24, 2.45) is 0 Å². The van der Waals surface area contributed by atoms with E-state index < -0.39 is 0 Å². The third-order valence-electron chi connectivity index (χ3n) is 6.07. The maximum atomic E-state index is 12.6. The summed E-state index contributed by atoms with van der Waals surface area (Å²) in [6, 6.07) is 23.6. The zero-order chi connectivity index (χ0) is 21.8. The molecule has 31 heavy (non-hydrogen) atoms. The molecule has 4 rings (SSSR count). The number of likely N-dealkylation sites (tertiary alicyclic amines) is 1. The minimum atomic E-state index is 0.0321. The highest BCUT2D eigenvalue weighted by molar-refractivity contribution is 5.94. The van der Waals surface area contributed by atoms with Crippen molar-refractivity contribution in [2.45, 2.75) is 46.2 Å². The lowest BCUT2D eigenvalue weighted by Crippen LogP contribution is -2.47. The van der Waals surface area contributed by atoms with Crippen molar-refractivity contribution in [3.8, 4) is 11.1 Å². The average Bonchev–Trinajstić information content (AvgIpc) is 2.74. The molecular formula is C28H32N2O. The molecule has 1 heterocycles. The number of carbonyl (C=O) groups excluding carboxylic acids is 1. The quantitative estimate of drug-likeness (QED) is 0.585. The van der Waals surface area contributed by atoms with E-state index in [1.54, 1.807) is 0 Å². The zero-order valence-corrected chi connectivity index (χ0v) is 18.8. The van der Waals surface area contributed by atoms with Gasteiger partial charge in [-0.1, -0.05) is 71.3 Å². The minimum Gasteiger partial charge on any atom is -0.348 e. The Hall–Kier alpha value is -2.91. The van der Waals surface area contributed by atoms with Gasteiger partial charge in [0, 0.05) is 24.7 Å². The van der Waals surface area contributed by atoms with Crippen LogP contribution in [-0.4, -0.2) is 29.9 Å². The van der Waals surface area contributed by atoms with E-state index in [2.05, 4.69) is 66.5 Å². The highest BCUT2D eigenvalue weighted by Crippen LogP contribution is 2.23. The Morgan fingerprint density at radius 1 is 0.871 bits per heavy atom. The smallest absolute Gasteiger partial charge is 0.251 e. The van der Waals surface area contributed by atoms with E-state index in [4.69, 9.17) is 0 Å². The molecule has 0 bridgehead atoms. The van der Waals surface area contributed by atoms with Gasteiger partial charge in [0.05, 0.1) is 0 Å². The van der Waals surface area contributed by atoms with Gasteiger partial charge in [0.15, 0.2) is 0 Å². The lowest BCUT2D eigenvalue weighted by Gasteiger charge is -2.33. The van der Waals surface area contributed by atoms with Crippen LogP contribution in [0.3, 0.4) is 0 Å². The second-order valence-corrected chi connectivity index (χ2v) is 8.99. The van der Waals surface area contributed by atoms with Gasteiger partial charge in [-0.25, -0.2) is 0 Å². The van der Waals surface area contributed by atoms with Crippen LogP contribution in [0.5, 0.6) is 0 Å². The molecule has 3 heteroatoms. The van der Waals surface area contributed by atoms with Gasteiger partial charge in [0.2, 0.25) is 0 Å². The van der Waals surface area contributed by atoms with Gasteiger partial charge in [-0.15, -0.1) is 0 Å². The number of aryl methyl sites for hydroxylation is 3. The van der Waals surface area contributed by atoms with E-state index in [0.717, 1.165) is 38.0 Å². The fraction of sp³-hybridized carbons (Fsp3) is 0.321. The first kappa shape index (κ1) is 21.3. The Kier molecular flexibility index (Phi) is 6.53. The summed E-state index contributed by atoms with van der Waals surface area (Å²) < 4.78 is 0. The molecule has 3 aromatic carbocycles. The molecule has 1 aliphatic rings. The van der Waals surface area contributed by atoms with Gasteiger partial charge in [-0.05, 0) is 69.0 Å². The Balaban J connectivity index is 1.35. The number of nitrogens with zero attached hydrogens (tertiary/aromatic N) is 1. The van der Waals surface area contributed by atoms with Crippen molar-refractivity contribution in [3.05, 3.63) is 94.5 Å². The molecule has 1 N–H and O–H groups in total. The van der Waals surface area contributed by atoms with Crippen molar-refractivity contribution < 1.29 is 4.79 Å². The summed E-state index contributed by atoms with van der Waals surface area (Å²) in [5, 5.41) is 3.23. The molecule has 1 amide bonds. The highest BCUT2D eigenvalue weighted by atomic mass is 16.1.